The molecule has 3 rings (SSSR count). The lowest BCUT2D eigenvalue weighted by molar-refractivity contribution is -0.384. The Kier molecular flexibility index (Phi) is 5.52. The maximum atomic E-state index is 12.2. The van der Waals surface area contributed by atoms with Crippen molar-refractivity contribution < 1.29 is 14.1 Å². The summed E-state index contributed by atoms with van der Waals surface area (Å²) < 4.78 is 5.66. The number of carbonyl (C=O) groups excluding carboxylic acids is 1. The van der Waals surface area contributed by atoms with Gasteiger partial charge in [-0.2, -0.15) is 0 Å². The quantitative estimate of drug-likeness (QED) is 0.486. The number of benzene rings is 2. The van der Waals surface area contributed by atoms with Gasteiger partial charge >= 0.3 is 0 Å². The Morgan fingerprint density at radius 1 is 1.30 bits per heavy atom. The summed E-state index contributed by atoms with van der Waals surface area (Å²) in [5.74, 6) is 0.664. The van der Waals surface area contributed by atoms with E-state index < -0.39 is 4.92 Å². The van der Waals surface area contributed by atoms with Crippen molar-refractivity contribution in [1.29, 1.82) is 0 Å². The minimum atomic E-state index is -0.502. The van der Waals surface area contributed by atoms with Gasteiger partial charge in [0.1, 0.15) is 0 Å². The zero-order chi connectivity index (χ0) is 19.4. The topological polar surface area (TPSA) is 98.3 Å². The molecule has 0 saturated carbocycles. The van der Waals surface area contributed by atoms with Crippen molar-refractivity contribution in [3.8, 4) is 11.3 Å². The number of nitrogens with one attached hydrogen (secondary N) is 1. The number of rotatable bonds is 6. The van der Waals surface area contributed by atoms with Gasteiger partial charge in [-0.1, -0.05) is 29.8 Å². The van der Waals surface area contributed by atoms with E-state index in [0.29, 0.717) is 28.8 Å². The van der Waals surface area contributed by atoms with Crippen LogP contribution in [-0.4, -0.2) is 15.8 Å². The molecule has 1 heterocycles. The van der Waals surface area contributed by atoms with Crippen LogP contribution >= 0.6 is 11.6 Å². The van der Waals surface area contributed by atoms with Gasteiger partial charge in [0.05, 0.1) is 21.8 Å². The predicted molar refractivity (Wildman–Crippen MR) is 102 cm³/mol. The van der Waals surface area contributed by atoms with E-state index in [1.807, 2.05) is 18.2 Å². The van der Waals surface area contributed by atoms with Crippen LogP contribution in [0.4, 0.5) is 11.4 Å². The lowest BCUT2D eigenvalue weighted by Gasteiger charge is -2.07. The fourth-order valence-electron chi connectivity index (χ4n) is 2.50. The molecule has 0 aliphatic carbocycles. The first-order valence-corrected chi connectivity index (χ1v) is 8.56. The van der Waals surface area contributed by atoms with E-state index in [-0.39, 0.29) is 18.0 Å². The van der Waals surface area contributed by atoms with Crippen LogP contribution in [0.3, 0.4) is 0 Å². The van der Waals surface area contributed by atoms with Gasteiger partial charge in [0.2, 0.25) is 5.91 Å². The van der Waals surface area contributed by atoms with Crippen molar-refractivity contribution in [3.05, 3.63) is 75.3 Å². The third kappa shape index (κ3) is 4.51. The summed E-state index contributed by atoms with van der Waals surface area (Å²) in [5.41, 5.74) is 1.81. The zero-order valence-corrected chi connectivity index (χ0v) is 15.2. The number of carbonyl (C=O) groups is 1. The number of nitrogens with zero attached hydrogens (tertiary/aromatic N) is 2. The molecular weight excluding hydrogens is 370 g/mol. The standard InChI is InChI=1S/C19H16ClN3O4/c1-12-6-7-13(23(25)26)10-16(12)22-18(24)8-9-19-21-11-17(27-19)14-4-2-3-5-15(14)20/h2-7,10-11H,8-9H2,1H3,(H,22,24). The summed E-state index contributed by atoms with van der Waals surface area (Å²) in [7, 11) is 0. The first-order valence-electron chi connectivity index (χ1n) is 8.18. The Morgan fingerprint density at radius 2 is 2.07 bits per heavy atom. The maximum Gasteiger partial charge on any atom is 0.271 e. The fraction of sp³-hybridized carbons (Fsp3) is 0.158. The highest BCUT2D eigenvalue weighted by Gasteiger charge is 2.13. The van der Waals surface area contributed by atoms with E-state index in [9.17, 15) is 14.9 Å². The monoisotopic (exact) mass is 385 g/mol. The smallest absolute Gasteiger partial charge is 0.271 e. The SMILES string of the molecule is Cc1ccc([N+](=O)[O-])cc1NC(=O)CCc1ncc(-c2ccccc2Cl)o1. The Hall–Kier alpha value is -3.19. The number of amides is 1. The van der Waals surface area contributed by atoms with Crippen LogP contribution in [0.5, 0.6) is 0 Å². The number of anilines is 1. The molecule has 7 nitrogen and oxygen atoms in total. The number of aromatic nitrogens is 1. The third-order valence-electron chi connectivity index (χ3n) is 3.96. The highest BCUT2D eigenvalue weighted by molar-refractivity contribution is 6.33. The van der Waals surface area contributed by atoms with Crippen LogP contribution < -0.4 is 5.32 Å². The van der Waals surface area contributed by atoms with Gasteiger partial charge in [0.25, 0.3) is 5.69 Å². The average Bonchev–Trinajstić information content (AvgIpc) is 3.11. The summed E-state index contributed by atoms with van der Waals surface area (Å²) in [4.78, 5) is 26.7. The molecule has 0 spiro atoms. The van der Waals surface area contributed by atoms with Gasteiger partial charge in [0.15, 0.2) is 11.7 Å². The summed E-state index contributed by atoms with van der Waals surface area (Å²) in [6, 6.07) is 11.6. The van der Waals surface area contributed by atoms with Crippen LogP contribution in [0.1, 0.15) is 17.9 Å². The number of halogens is 1. The molecule has 27 heavy (non-hydrogen) atoms. The van der Waals surface area contributed by atoms with Gasteiger partial charge < -0.3 is 9.73 Å². The third-order valence-corrected chi connectivity index (χ3v) is 4.29. The van der Waals surface area contributed by atoms with E-state index in [4.69, 9.17) is 16.0 Å². The lowest BCUT2D eigenvalue weighted by atomic mass is 10.1. The van der Waals surface area contributed by atoms with Gasteiger partial charge in [-0.25, -0.2) is 4.98 Å². The van der Waals surface area contributed by atoms with Crippen molar-refractivity contribution in [1.82, 2.24) is 4.98 Å². The number of non-ortho nitro benzene ring substituents is 1. The van der Waals surface area contributed by atoms with Crippen LogP contribution in [0.25, 0.3) is 11.3 Å². The van der Waals surface area contributed by atoms with Gasteiger partial charge in [-0.05, 0) is 24.6 Å². The van der Waals surface area contributed by atoms with Crippen molar-refractivity contribution in [3.63, 3.8) is 0 Å². The maximum absolute atomic E-state index is 12.2. The van der Waals surface area contributed by atoms with Gasteiger partial charge in [0, 0.05) is 30.5 Å². The minimum Gasteiger partial charge on any atom is -0.441 e. The van der Waals surface area contributed by atoms with Crippen LogP contribution in [0.2, 0.25) is 5.02 Å². The Morgan fingerprint density at radius 3 is 2.81 bits per heavy atom. The molecular formula is C19H16ClN3O4. The van der Waals surface area contributed by atoms with Crippen LogP contribution in [0.15, 0.2) is 53.1 Å². The average molecular weight is 386 g/mol. The Balaban J connectivity index is 1.63. The number of oxazole rings is 1. The van der Waals surface area contributed by atoms with E-state index in [0.717, 1.165) is 11.1 Å². The first-order chi connectivity index (χ1) is 12.9. The number of nitro benzene ring substituents is 1. The molecule has 0 unspecified atom stereocenters. The van der Waals surface area contributed by atoms with E-state index in [1.54, 1.807) is 25.3 Å². The number of hydrogen-bond acceptors (Lipinski definition) is 5. The summed E-state index contributed by atoms with van der Waals surface area (Å²) in [6.07, 6.45) is 1.99. The van der Waals surface area contributed by atoms with Crippen molar-refractivity contribution >= 4 is 28.9 Å². The van der Waals surface area contributed by atoms with Gasteiger partial charge in [-0.15, -0.1) is 0 Å². The molecule has 0 fully saturated rings. The largest absolute Gasteiger partial charge is 0.441 e. The fourth-order valence-corrected chi connectivity index (χ4v) is 2.73. The van der Waals surface area contributed by atoms with Crippen molar-refractivity contribution in [2.24, 2.45) is 0 Å². The molecule has 2 aromatic carbocycles. The van der Waals surface area contributed by atoms with Crippen molar-refractivity contribution in [2.75, 3.05) is 5.32 Å². The second-order valence-electron chi connectivity index (χ2n) is 5.90. The molecule has 0 saturated heterocycles. The summed E-state index contributed by atoms with van der Waals surface area (Å²) >= 11 is 6.14. The van der Waals surface area contributed by atoms with Crippen LogP contribution in [0, 0.1) is 17.0 Å². The van der Waals surface area contributed by atoms with E-state index in [2.05, 4.69) is 10.3 Å². The molecule has 8 heteroatoms. The highest BCUT2D eigenvalue weighted by atomic mass is 35.5. The highest BCUT2D eigenvalue weighted by Crippen LogP contribution is 2.28. The zero-order valence-electron chi connectivity index (χ0n) is 14.4. The molecule has 1 aromatic heterocycles. The number of nitro groups is 1. The summed E-state index contributed by atoms with van der Waals surface area (Å²) in [6.45, 7) is 1.77. The molecule has 0 bridgehead atoms. The lowest BCUT2D eigenvalue weighted by Crippen LogP contribution is -2.13. The molecule has 1 N–H and O–H groups in total. The van der Waals surface area contributed by atoms with E-state index in [1.165, 1.54) is 12.1 Å². The van der Waals surface area contributed by atoms with Crippen molar-refractivity contribution in [2.45, 2.75) is 19.8 Å². The molecule has 0 atom stereocenters. The van der Waals surface area contributed by atoms with Crippen LogP contribution in [-0.2, 0) is 11.2 Å². The molecule has 3 aromatic rings. The second-order valence-corrected chi connectivity index (χ2v) is 6.31. The Bertz CT molecular complexity index is 1000. The normalized spacial score (nSPS) is 10.6. The first kappa shape index (κ1) is 18.6. The molecule has 0 aliphatic rings. The molecule has 138 valence electrons. The molecule has 0 aliphatic heterocycles. The van der Waals surface area contributed by atoms with Gasteiger partial charge in [-0.3, -0.25) is 14.9 Å². The van der Waals surface area contributed by atoms with E-state index >= 15 is 0 Å². The molecule has 0 radical (unpaired) electrons. The molecule has 1 amide bonds. The Labute approximate surface area is 160 Å². The summed E-state index contributed by atoms with van der Waals surface area (Å²) in [5, 5.41) is 14.1. The second kappa shape index (κ2) is 8.01. The number of aryl methyl sites for hydroxylation is 2. The number of hydrogen-bond donors (Lipinski definition) is 1. The minimum absolute atomic E-state index is 0.0759. The predicted octanol–water partition coefficient (Wildman–Crippen LogP) is 4.78.